The van der Waals surface area contributed by atoms with Gasteiger partial charge in [-0.15, -0.1) is 22.9 Å². The number of halogens is 3. The molecule has 1 heterocycles. The molecule has 1 aromatic rings. The van der Waals surface area contributed by atoms with E-state index < -0.39 is 5.97 Å². The first-order valence-corrected chi connectivity index (χ1v) is 9.93. The lowest BCUT2D eigenvalue weighted by atomic mass is 9.94. The number of thiophene rings is 1. The second-order valence-electron chi connectivity index (χ2n) is 4.90. The van der Waals surface area contributed by atoms with Crippen molar-refractivity contribution in [1.29, 1.82) is 5.26 Å². The standard InChI is InChI=1S/C14H10BrCl2NO2S.C3H8/c1-2-20-14(19)12-11(9(6-18)13(15)21-12)8-4-3-7(16)5-10(8)17;1-3-2/h3-4,10H,2,5H2,1H3;3H2,1-2H3. The van der Waals surface area contributed by atoms with Crippen molar-refractivity contribution < 1.29 is 9.53 Å². The van der Waals surface area contributed by atoms with Crippen LogP contribution in [0.3, 0.4) is 0 Å². The zero-order chi connectivity index (χ0) is 18.3. The summed E-state index contributed by atoms with van der Waals surface area (Å²) in [5, 5.41) is 9.61. The van der Waals surface area contributed by atoms with Crippen LogP contribution in [0, 0.1) is 11.3 Å². The zero-order valence-corrected chi connectivity index (χ0v) is 17.6. The van der Waals surface area contributed by atoms with Crippen LogP contribution in [-0.2, 0) is 4.74 Å². The lowest BCUT2D eigenvalue weighted by Gasteiger charge is -2.18. The van der Waals surface area contributed by atoms with Gasteiger partial charge in [0.05, 0.1) is 21.3 Å². The van der Waals surface area contributed by atoms with Crippen molar-refractivity contribution in [2.24, 2.45) is 0 Å². The third kappa shape index (κ3) is 5.10. The van der Waals surface area contributed by atoms with Gasteiger partial charge in [-0.2, -0.15) is 5.26 Å². The van der Waals surface area contributed by atoms with Crippen molar-refractivity contribution in [1.82, 2.24) is 0 Å². The molecule has 0 radical (unpaired) electrons. The van der Waals surface area contributed by atoms with E-state index in [1.54, 1.807) is 19.1 Å². The van der Waals surface area contributed by atoms with Crippen molar-refractivity contribution >= 4 is 62.0 Å². The van der Waals surface area contributed by atoms with Gasteiger partial charge in [0, 0.05) is 17.0 Å². The van der Waals surface area contributed by atoms with E-state index in [1.807, 2.05) is 0 Å². The number of esters is 1. The molecule has 0 saturated carbocycles. The Hall–Kier alpha value is -0.800. The SMILES string of the molecule is CCC.CCOC(=O)c1sc(Br)c(C#N)c1C1=CC=C(Cl)CC1Cl. The number of nitriles is 1. The fourth-order valence-corrected chi connectivity index (χ4v) is 4.30. The second kappa shape index (κ2) is 10.2. The van der Waals surface area contributed by atoms with Gasteiger partial charge in [-0.05, 0) is 34.5 Å². The Bertz CT molecular complexity index is 704. The van der Waals surface area contributed by atoms with Gasteiger partial charge in [0.25, 0.3) is 0 Å². The van der Waals surface area contributed by atoms with E-state index in [0.717, 1.165) is 0 Å². The molecule has 1 aromatic heterocycles. The maximum atomic E-state index is 12.1. The molecular formula is C17H18BrCl2NO2S. The van der Waals surface area contributed by atoms with E-state index in [2.05, 4.69) is 35.8 Å². The Morgan fingerprint density at radius 1 is 1.46 bits per heavy atom. The highest BCUT2D eigenvalue weighted by atomic mass is 79.9. The fraction of sp³-hybridized carbons (Fsp3) is 0.412. The highest BCUT2D eigenvalue weighted by Crippen LogP contribution is 2.42. The Kier molecular flexibility index (Phi) is 9.07. The molecule has 3 nitrogen and oxygen atoms in total. The molecule has 0 amide bonds. The molecule has 0 aromatic carbocycles. The molecule has 0 spiro atoms. The normalized spacial score (nSPS) is 16.3. The van der Waals surface area contributed by atoms with E-state index in [-0.39, 0.29) is 12.0 Å². The number of carbonyl (C=O) groups is 1. The molecule has 1 aliphatic carbocycles. The average molecular weight is 451 g/mol. The predicted octanol–water partition coefficient (Wildman–Crippen LogP) is 6.49. The summed E-state index contributed by atoms with van der Waals surface area (Å²) in [7, 11) is 0. The van der Waals surface area contributed by atoms with Crippen LogP contribution in [0.1, 0.15) is 54.4 Å². The fourth-order valence-electron chi connectivity index (χ4n) is 1.99. The Morgan fingerprint density at radius 2 is 2.08 bits per heavy atom. The smallest absolute Gasteiger partial charge is 0.349 e. The summed E-state index contributed by atoms with van der Waals surface area (Å²) in [4.78, 5) is 12.5. The molecule has 1 atom stereocenters. The number of ether oxygens (including phenoxy) is 1. The van der Waals surface area contributed by atoms with Crippen molar-refractivity contribution in [2.45, 2.75) is 39.0 Å². The lowest BCUT2D eigenvalue weighted by molar-refractivity contribution is 0.0531. The largest absolute Gasteiger partial charge is 0.462 e. The molecule has 1 unspecified atom stereocenters. The quantitative estimate of drug-likeness (QED) is 0.390. The number of allylic oxidation sites excluding steroid dienone is 4. The van der Waals surface area contributed by atoms with E-state index in [9.17, 15) is 10.1 Å². The first kappa shape index (κ1) is 21.2. The minimum atomic E-state index is -0.454. The molecule has 1 aliphatic rings. The van der Waals surface area contributed by atoms with Crippen LogP contribution < -0.4 is 0 Å². The molecule has 7 heteroatoms. The average Bonchev–Trinajstić information content (AvgIpc) is 2.85. The van der Waals surface area contributed by atoms with Gasteiger partial charge in [-0.25, -0.2) is 4.79 Å². The maximum Gasteiger partial charge on any atom is 0.349 e. The first-order valence-electron chi connectivity index (χ1n) is 7.51. The second-order valence-corrected chi connectivity index (χ2v) is 8.25. The minimum absolute atomic E-state index is 0.269. The topological polar surface area (TPSA) is 50.1 Å². The molecule has 0 N–H and O–H groups in total. The number of hydrogen-bond donors (Lipinski definition) is 0. The van der Waals surface area contributed by atoms with E-state index in [4.69, 9.17) is 27.9 Å². The van der Waals surface area contributed by atoms with Crippen molar-refractivity contribution in [3.05, 3.63) is 37.0 Å². The van der Waals surface area contributed by atoms with Crippen LogP contribution in [-0.4, -0.2) is 18.0 Å². The monoisotopic (exact) mass is 449 g/mol. The summed E-state index contributed by atoms with van der Waals surface area (Å²) < 4.78 is 5.65. The van der Waals surface area contributed by atoms with Crippen LogP contribution >= 0.6 is 50.5 Å². The molecule has 0 bridgehead atoms. The van der Waals surface area contributed by atoms with Crippen LogP contribution in [0.2, 0.25) is 0 Å². The summed E-state index contributed by atoms with van der Waals surface area (Å²) in [5.41, 5.74) is 1.64. The summed E-state index contributed by atoms with van der Waals surface area (Å²) in [6.45, 7) is 6.25. The highest BCUT2D eigenvalue weighted by Gasteiger charge is 2.29. The Balaban J connectivity index is 0.000000891. The summed E-state index contributed by atoms with van der Waals surface area (Å²) in [5.74, 6) is -0.454. The molecule has 0 fully saturated rings. The van der Waals surface area contributed by atoms with E-state index >= 15 is 0 Å². The van der Waals surface area contributed by atoms with E-state index in [1.165, 1.54) is 17.8 Å². The molecule has 0 aliphatic heterocycles. The van der Waals surface area contributed by atoms with Crippen LogP contribution in [0.15, 0.2) is 21.0 Å². The van der Waals surface area contributed by atoms with Gasteiger partial charge in [0.2, 0.25) is 0 Å². The number of carbonyl (C=O) groups excluding carboxylic acids is 1. The summed E-state index contributed by atoms with van der Waals surface area (Å²) in [6.07, 6.45) is 5.20. The van der Waals surface area contributed by atoms with Crippen LogP contribution in [0.4, 0.5) is 0 Å². The maximum absolute atomic E-state index is 12.1. The number of rotatable bonds is 3. The van der Waals surface area contributed by atoms with Gasteiger partial charge >= 0.3 is 5.97 Å². The van der Waals surface area contributed by atoms with Crippen LogP contribution in [0.5, 0.6) is 0 Å². The Labute approximate surface area is 165 Å². The van der Waals surface area contributed by atoms with Crippen LogP contribution in [0.25, 0.3) is 5.57 Å². The Morgan fingerprint density at radius 3 is 2.58 bits per heavy atom. The molecule has 130 valence electrons. The molecule has 2 rings (SSSR count). The highest BCUT2D eigenvalue weighted by molar-refractivity contribution is 9.11. The van der Waals surface area contributed by atoms with E-state index in [0.29, 0.717) is 36.8 Å². The third-order valence-electron chi connectivity index (χ3n) is 2.88. The minimum Gasteiger partial charge on any atom is -0.462 e. The molecule has 0 saturated heterocycles. The predicted molar refractivity (Wildman–Crippen MR) is 105 cm³/mol. The molecule has 24 heavy (non-hydrogen) atoms. The van der Waals surface area contributed by atoms with Crippen molar-refractivity contribution in [3.63, 3.8) is 0 Å². The lowest BCUT2D eigenvalue weighted by Crippen LogP contribution is -2.11. The number of nitrogens with zero attached hydrogens (tertiary/aromatic N) is 1. The van der Waals surface area contributed by atoms with Gasteiger partial charge in [-0.1, -0.05) is 37.9 Å². The zero-order valence-electron chi connectivity index (χ0n) is 13.7. The number of hydrogen-bond acceptors (Lipinski definition) is 4. The van der Waals surface area contributed by atoms with Gasteiger partial charge in [0.1, 0.15) is 10.9 Å². The first-order chi connectivity index (χ1) is 11.4. The van der Waals surface area contributed by atoms with Crippen molar-refractivity contribution in [2.75, 3.05) is 6.61 Å². The third-order valence-corrected chi connectivity index (χ3v) is 5.39. The molecular weight excluding hydrogens is 433 g/mol. The van der Waals surface area contributed by atoms with Gasteiger partial charge < -0.3 is 4.74 Å². The summed E-state index contributed by atoms with van der Waals surface area (Å²) in [6, 6.07) is 2.11. The summed E-state index contributed by atoms with van der Waals surface area (Å²) >= 11 is 16.8. The number of alkyl halides is 1. The van der Waals surface area contributed by atoms with Crippen molar-refractivity contribution in [3.8, 4) is 6.07 Å². The van der Waals surface area contributed by atoms with Gasteiger partial charge in [0.15, 0.2) is 0 Å². The van der Waals surface area contributed by atoms with Gasteiger partial charge in [-0.3, -0.25) is 0 Å².